The van der Waals surface area contributed by atoms with Crippen molar-refractivity contribution in [3.05, 3.63) is 47.8 Å². The van der Waals surface area contributed by atoms with Gasteiger partial charge in [-0.2, -0.15) is 5.10 Å². The first kappa shape index (κ1) is 19.6. The van der Waals surface area contributed by atoms with Crippen LogP contribution in [0.5, 0.6) is 0 Å². The molecule has 1 aliphatic rings. The fraction of sp³-hybridized carbons (Fsp3) is 0.474. The number of nitrogens with zero attached hydrogens (tertiary/aromatic N) is 3. The van der Waals surface area contributed by atoms with E-state index in [4.69, 9.17) is 0 Å². The Labute approximate surface area is 160 Å². The molecule has 1 aromatic carbocycles. The van der Waals surface area contributed by atoms with Gasteiger partial charge in [-0.05, 0) is 43.9 Å². The maximum absolute atomic E-state index is 12.6. The van der Waals surface area contributed by atoms with E-state index >= 15 is 0 Å². The summed E-state index contributed by atoms with van der Waals surface area (Å²) in [7, 11) is -3.71. The van der Waals surface area contributed by atoms with Crippen molar-refractivity contribution in [2.45, 2.75) is 50.6 Å². The van der Waals surface area contributed by atoms with Crippen molar-refractivity contribution in [2.75, 3.05) is 13.1 Å². The Balaban J connectivity index is 1.69. The molecule has 0 saturated carbocycles. The third kappa shape index (κ3) is 4.95. The maximum Gasteiger partial charge on any atom is 0.253 e. The fourth-order valence-corrected chi connectivity index (χ4v) is 4.25. The molecule has 3 rings (SSSR count). The van der Waals surface area contributed by atoms with E-state index in [-0.39, 0.29) is 17.3 Å². The lowest BCUT2D eigenvalue weighted by molar-refractivity contribution is 0.0724. The van der Waals surface area contributed by atoms with Gasteiger partial charge >= 0.3 is 0 Å². The zero-order chi connectivity index (χ0) is 19.3. The Morgan fingerprint density at radius 3 is 2.74 bits per heavy atom. The second kappa shape index (κ2) is 8.67. The van der Waals surface area contributed by atoms with E-state index in [0.717, 1.165) is 50.9 Å². The summed E-state index contributed by atoms with van der Waals surface area (Å²) >= 11 is 0. The molecule has 0 bridgehead atoms. The first-order valence-electron chi connectivity index (χ1n) is 9.40. The normalized spacial score (nSPS) is 15.1. The lowest BCUT2D eigenvalue weighted by Crippen LogP contribution is -2.35. The smallest absolute Gasteiger partial charge is 0.253 e. The SMILES string of the molecule is CCCn1cc(CNS(=O)(=O)c2cccc(C(=O)N3CCCCC3)c2)cn1. The zero-order valence-corrected chi connectivity index (χ0v) is 16.4. The Morgan fingerprint density at radius 1 is 1.22 bits per heavy atom. The summed E-state index contributed by atoms with van der Waals surface area (Å²) in [6, 6.07) is 6.26. The second-order valence-electron chi connectivity index (χ2n) is 6.82. The van der Waals surface area contributed by atoms with E-state index in [2.05, 4.69) is 16.7 Å². The third-order valence-corrected chi connectivity index (χ3v) is 6.04. The molecule has 0 spiro atoms. The molecule has 1 N–H and O–H groups in total. The summed E-state index contributed by atoms with van der Waals surface area (Å²) < 4.78 is 29.6. The topological polar surface area (TPSA) is 84.3 Å². The van der Waals surface area contributed by atoms with E-state index in [0.29, 0.717) is 5.56 Å². The highest BCUT2D eigenvalue weighted by Crippen LogP contribution is 2.17. The third-order valence-electron chi connectivity index (χ3n) is 4.64. The number of aryl methyl sites for hydroxylation is 1. The van der Waals surface area contributed by atoms with Crippen LogP contribution in [-0.2, 0) is 23.1 Å². The molecule has 1 amide bonds. The summed E-state index contributed by atoms with van der Waals surface area (Å²) in [5.41, 5.74) is 1.21. The van der Waals surface area contributed by atoms with Crippen LogP contribution in [0.3, 0.4) is 0 Å². The van der Waals surface area contributed by atoms with Crippen molar-refractivity contribution >= 4 is 15.9 Å². The monoisotopic (exact) mass is 390 g/mol. The number of nitrogens with one attached hydrogen (secondary N) is 1. The van der Waals surface area contributed by atoms with Crippen LogP contribution >= 0.6 is 0 Å². The van der Waals surface area contributed by atoms with E-state index in [9.17, 15) is 13.2 Å². The average Bonchev–Trinajstić information content (AvgIpc) is 3.15. The van der Waals surface area contributed by atoms with Crippen LogP contribution in [-0.4, -0.2) is 42.1 Å². The van der Waals surface area contributed by atoms with E-state index in [1.165, 1.54) is 12.1 Å². The van der Waals surface area contributed by atoms with Crippen LogP contribution in [0.15, 0.2) is 41.6 Å². The van der Waals surface area contributed by atoms with Crippen molar-refractivity contribution in [2.24, 2.45) is 0 Å². The summed E-state index contributed by atoms with van der Waals surface area (Å²) in [4.78, 5) is 14.5. The van der Waals surface area contributed by atoms with Gasteiger partial charge in [0.15, 0.2) is 0 Å². The number of hydrogen-bond acceptors (Lipinski definition) is 4. The number of aromatic nitrogens is 2. The number of carbonyl (C=O) groups excluding carboxylic acids is 1. The highest BCUT2D eigenvalue weighted by molar-refractivity contribution is 7.89. The van der Waals surface area contributed by atoms with Crippen LogP contribution in [0.2, 0.25) is 0 Å². The Kier molecular flexibility index (Phi) is 6.28. The Hall–Kier alpha value is -2.19. The molecule has 2 heterocycles. The molecule has 0 atom stereocenters. The van der Waals surface area contributed by atoms with E-state index in [1.54, 1.807) is 27.9 Å². The molecular formula is C19H26N4O3S. The molecule has 0 aliphatic carbocycles. The van der Waals surface area contributed by atoms with Gasteiger partial charge in [-0.3, -0.25) is 9.48 Å². The molecule has 1 fully saturated rings. The summed E-state index contributed by atoms with van der Waals surface area (Å²) in [6.45, 7) is 4.48. The number of benzene rings is 1. The highest BCUT2D eigenvalue weighted by atomic mass is 32.2. The molecule has 1 aliphatic heterocycles. The number of likely N-dealkylation sites (tertiary alicyclic amines) is 1. The van der Waals surface area contributed by atoms with Gasteiger partial charge in [0.2, 0.25) is 10.0 Å². The van der Waals surface area contributed by atoms with E-state index in [1.807, 2.05) is 6.20 Å². The second-order valence-corrected chi connectivity index (χ2v) is 8.58. The van der Waals surface area contributed by atoms with Crippen molar-refractivity contribution < 1.29 is 13.2 Å². The molecule has 2 aromatic rings. The van der Waals surface area contributed by atoms with Crippen LogP contribution < -0.4 is 4.72 Å². The largest absolute Gasteiger partial charge is 0.339 e. The van der Waals surface area contributed by atoms with Crippen LogP contribution in [0.25, 0.3) is 0 Å². The number of hydrogen-bond donors (Lipinski definition) is 1. The van der Waals surface area contributed by atoms with Crippen molar-refractivity contribution in [3.63, 3.8) is 0 Å². The number of rotatable bonds is 7. The molecule has 1 saturated heterocycles. The van der Waals surface area contributed by atoms with Gasteiger partial charge in [0.25, 0.3) is 5.91 Å². The van der Waals surface area contributed by atoms with Gasteiger partial charge in [-0.15, -0.1) is 0 Å². The van der Waals surface area contributed by atoms with E-state index < -0.39 is 10.0 Å². The average molecular weight is 391 g/mol. The molecule has 27 heavy (non-hydrogen) atoms. The number of amides is 1. The molecule has 8 heteroatoms. The molecular weight excluding hydrogens is 364 g/mol. The number of carbonyl (C=O) groups is 1. The lowest BCUT2D eigenvalue weighted by atomic mass is 10.1. The van der Waals surface area contributed by atoms with Gasteiger partial charge in [0, 0.05) is 43.5 Å². The first-order valence-corrected chi connectivity index (χ1v) is 10.9. The minimum absolute atomic E-state index is 0.103. The first-order chi connectivity index (χ1) is 13.0. The highest BCUT2D eigenvalue weighted by Gasteiger charge is 2.21. The van der Waals surface area contributed by atoms with Crippen molar-refractivity contribution in [1.29, 1.82) is 0 Å². The minimum Gasteiger partial charge on any atom is -0.339 e. The standard InChI is InChI=1S/C19H26N4O3S/c1-2-9-23-15-16(13-20-23)14-21-27(25,26)18-8-6-7-17(12-18)19(24)22-10-4-3-5-11-22/h6-8,12-13,15,21H,2-5,9-11,14H2,1H3. The van der Waals surface area contributed by atoms with Crippen LogP contribution in [0.4, 0.5) is 0 Å². The number of piperidine rings is 1. The Bertz CT molecular complexity index is 886. The lowest BCUT2D eigenvalue weighted by Gasteiger charge is -2.26. The molecule has 146 valence electrons. The van der Waals surface area contributed by atoms with Crippen molar-refractivity contribution in [3.8, 4) is 0 Å². The molecule has 0 unspecified atom stereocenters. The number of sulfonamides is 1. The van der Waals surface area contributed by atoms with Gasteiger partial charge in [0.1, 0.15) is 0 Å². The summed E-state index contributed by atoms with van der Waals surface area (Å²) in [6.07, 6.45) is 7.59. The summed E-state index contributed by atoms with van der Waals surface area (Å²) in [5, 5.41) is 4.20. The van der Waals surface area contributed by atoms with Gasteiger partial charge in [-0.1, -0.05) is 13.0 Å². The predicted molar refractivity (Wildman–Crippen MR) is 103 cm³/mol. The molecule has 1 aromatic heterocycles. The van der Waals surface area contributed by atoms with Gasteiger partial charge < -0.3 is 4.90 Å². The van der Waals surface area contributed by atoms with Crippen molar-refractivity contribution in [1.82, 2.24) is 19.4 Å². The maximum atomic E-state index is 12.6. The zero-order valence-electron chi connectivity index (χ0n) is 15.6. The molecule has 7 nitrogen and oxygen atoms in total. The van der Waals surface area contributed by atoms with Gasteiger partial charge in [-0.25, -0.2) is 13.1 Å². The van der Waals surface area contributed by atoms with Gasteiger partial charge in [0.05, 0.1) is 11.1 Å². The quantitative estimate of drug-likeness (QED) is 0.787. The van der Waals surface area contributed by atoms with Crippen LogP contribution in [0.1, 0.15) is 48.5 Å². The summed E-state index contributed by atoms with van der Waals surface area (Å²) in [5.74, 6) is -0.104. The predicted octanol–water partition coefficient (Wildman–Crippen LogP) is 2.40. The molecule has 0 radical (unpaired) electrons. The van der Waals surface area contributed by atoms with Crippen LogP contribution in [0, 0.1) is 0 Å². The minimum atomic E-state index is -3.71. The fourth-order valence-electron chi connectivity index (χ4n) is 3.19. The Morgan fingerprint density at radius 2 is 2.00 bits per heavy atom.